The second-order valence-corrected chi connectivity index (χ2v) is 5.03. The molecule has 2 heterocycles. The summed E-state index contributed by atoms with van der Waals surface area (Å²) in [7, 11) is 1.78. The summed E-state index contributed by atoms with van der Waals surface area (Å²) in [4.78, 5) is 21.4. The van der Waals surface area contributed by atoms with Gasteiger partial charge in [-0.25, -0.2) is 0 Å². The number of fused-ring (bicyclic) bond motifs is 1. The Morgan fingerprint density at radius 1 is 1.38 bits per heavy atom. The molecule has 21 heavy (non-hydrogen) atoms. The monoisotopic (exact) mass is 280 g/mol. The van der Waals surface area contributed by atoms with E-state index in [2.05, 4.69) is 9.97 Å². The molecule has 106 valence electrons. The second-order valence-electron chi connectivity index (χ2n) is 5.03. The Hall–Kier alpha value is -2.82. The molecule has 5 heteroatoms. The lowest BCUT2D eigenvalue weighted by Crippen LogP contribution is -2.26. The highest BCUT2D eigenvalue weighted by molar-refractivity contribution is 6.07. The predicted octanol–water partition coefficient (Wildman–Crippen LogP) is 2.42. The largest absolute Gasteiger partial charge is 0.399 e. The molecule has 0 saturated carbocycles. The SMILES string of the molecule is CN(Cc1cccnc1)C(=O)c1c[nH]c2cc(N)ccc12. The Labute approximate surface area is 122 Å². The van der Waals surface area contributed by atoms with E-state index in [0.717, 1.165) is 16.5 Å². The lowest BCUT2D eigenvalue weighted by atomic mass is 10.1. The molecule has 1 aromatic carbocycles. The van der Waals surface area contributed by atoms with Gasteiger partial charge in [0.2, 0.25) is 0 Å². The number of nitrogens with one attached hydrogen (secondary N) is 1. The molecule has 0 atom stereocenters. The van der Waals surface area contributed by atoms with Crippen LogP contribution in [0.15, 0.2) is 48.9 Å². The third kappa shape index (κ3) is 2.58. The van der Waals surface area contributed by atoms with Gasteiger partial charge in [0, 0.05) is 48.8 Å². The first-order chi connectivity index (χ1) is 10.1. The van der Waals surface area contributed by atoms with Crippen LogP contribution in [0.5, 0.6) is 0 Å². The van der Waals surface area contributed by atoms with Crippen molar-refractivity contribution in [1.82, 2.24) is 14.9 Å². The number of aromatic nitrogens is 2. The molecule has 2 aromatic heterocycles. The molecule has 0 saturated heterocycles. The minimum Gasteiger partial charge on any atom is -0.399 e. The van der Waals surface area contributed by atoms with Crippen LogP contribution in [-0.4, -0.2) is 27.8 Å². The molecule has 0 spiro atoms. The summed E-state index contributed by atoms with van der Waals surface area (Å²) in [5, 5.41) is 0.882. The molecule has 0 fully saturated rings. The minimum absolute atomic E-state index is 0.0325. The van der Waals surface area contributed by atoms with Gasteiger partial charge in [-0.2, -0.15) is 0 Å². The van der Waals surface area contributed by atoms with Gasteiger partial charge in [-0.1, -0.05) is 6.07 Å². The molecular formula is C16H16N4O. The Morgan fingerprint density at radius 3 is 3.00 bits per heavy atom. The number of benzene rings is 1. The summed E-state index contributed by atoms with van der Waals surface area (Å²) >= 11 is 0. The van der Waals surface area contributed by atoms with Crippen molar-refractivity contribution in [2.75, 3.05) is 12.8 Å². The maximum absolute atomic E-state index is 12.6. The minimum atomic E-state index is -0.0325. The summed E-state index contributed by atoms with van der Waals surface area (Å²) in [5.41, 5.74) is 8.94. The number of aromatic amines is 1. The highest BCUT2D eigenvalue weighted by Gasteiger charge is 2.16. The lowest BCUT2D eigenvalue weighted by Gasteiger charge is -2.16. The molecule has 3 rings (SSSR count). The predicted molar refractivity (Wildman–Crippen MR) is 82.7 cm³/mol. The number of hydrogen-bond acceptors (Lipinski definition) is 3. The van der Waals surface area contributed by atoms with Gasteiger partial charge in [0.05, 0.1) is 5.56 Å². The van der Waals surface area contributed by atoms with Crippen LogP contribution in [0.4, 0.5) is 5.69 Å². The van der Waals surface area contributed by atoms with E-state index >= 15 is 0 Å². The van der Waals surface area contributed by atoms with Crippen molar-refractivity contribution in [3.05, 3.63) is 60.0 Å². The fourth-order valence-electron chi connectivity index (χ4n) is 2.36. The standard InChI is InChI=1S/C16H16N4O/c1-20(10-11-3-2-6-18-8-11)16(21)14-9-19-15-7-12(17)4-5-13(14)15/h2-9,19H,10,17H2,1H3. The quantitative estimate of drug-likeness (QED) is 0.723. The van der Waals surface area contributed by atoms with Gasteiger partial charge in [0.15, 0.2) is 0 Å². The topological polar surface area (TPSA) is 75.0 Å². The first kappa shape index (κ1) is 13.2. The number of anilines is 1. The van der Waals surface area contributed by atoms with E-state index < -0.39 is 0 Å². The third-order valence-electron chi connectivity index (χ3n) is 3.43. The van der Waals surface area contributed by atoms with Gasteiger partial charge in [-0.15, -0.1) is 0 Å². The van der Waals surface area contributed by atoms with E-state index in [1.54, 1.807) is 36.6 Å². The van der Waals surface area contributed by atoms with Crippen molar-refractivity contribution in [3.63, 3.8) is 0 Å². The van der Waals surface area contributed by atoms with Crippen molar-refractivity contribution < 1.29 is 4.79 Å². The molecule has 1 amide bonds. The molecule has 0 unspecified atom stereocenters. The highest BCUT2D eigenvalue weighted by atomic mass is 16.2. The van der Waals surface area contributed by atoms with Crippen LogP contribution in [0.25, 0.3) is 10.9 Å². The smallest absolute Gasteiger partial charge is 0.256 e. The van der Waals surface area contributed by atoms with Crippen LogP contribution < -0.4 is 5.73 Å². The van der Waals surface area contributed by atoms with Crippen molar-refractivity contribution in [1.29, 1.82) is 0 Å². The number of nitrogen functional groups attached to an aromatic ring is 1. The summed E-state index contributed by atoms with van der Waals surface area (Å²) in [6.07, 6.45) is 5.21. The van der Waals surface area contributed by atoms with E-state index in [0.29, 0.717) is 17.8 Å². The van der Waals surface area contributed by atoms with Crippen LogP contribution >= 0.6 is 0 Å². The zero-order chi connectivity index (χ0) is 14.8. The fourth-order valence-corrected chi connectivity index (χ4v) is 2.36. The number of nitrogens with zero attached hydrogens (tertiary/aromatic N) is 2. The van der Waals surface area contributed by atoms with Crippen molar-refractivity contribution >= 4 is 22.5 Å². The van der Waals surface area contributed by atoms with E-state index in [-0.39, 0.29) is 5.91 Å². The van der Waals surface area contributed by atoms with Crippen molar-refractivity contribution in [2.45, 2.75) is 6.54 Å². The Balaban J connectivity index is 1.86. The second kappa shape index (κ2) is 5.28. The molecule has 5 nitrogen and oxygen atoms in total. The van der Waals surface area contributed by atoms with Gasteiger partial charge in [0.25, 0.3) is 5.91 Å². The van der Waals surface area contributed by atoms with Gasteiger partial charge >= 0.3 is 0 Å². The highest BCUT2D eigenvalue weighted by Crippen LogP contribution is 2.22. The van der Waals surface area contributed by atoms with Crippen molar-refractivity contribution in [2.24, 2.45) is 0 Å². The number of pyridine rings is 1. The number of H-pyrrole nitrogens is 1. The Kier molecular flexibility index (Phi) is 3.31. The molecule has 0 radical (unpaired) electrons. The van der Waals surface area contributed by atoms with Gasteiger partial charge in [-0.3, -0.25) is 9.78 Å². The number of amides is 1. The first-order valence-corrected chi connectivity index (χ1v) is 6.66. The normalized spacial score (nSPS) is 10.7. The van der Waals surface area contributed by atoms with Crippen LogP contribution in [0.1, 0.15) is 15.9 Å². The number of rotatable bonds is 3. The van der Waals surface area contributed by atoms with E-state index in [4.69, 9.17) is 5.73 Å². The maximum atomic E-state index is 12.6. The molecule has 0 aliphatic heterocycles. The summed E-state index contributed by atoms with van der Waals surface area (Å²) in [6.45, 7) is 0.522. The van der Waals surface area contributed by atoms with Crippen molar-refractivity contribution in [3.8, 4) is 0 Å². The number of carbonyl (C=O) groups excluding carboxylic acids is 1. The van der Waals surface area contributed by atoms with Gasteiger partial charge in [-0.05, 0) is 29.8 Å². The van der Waals surface area contributed by atoms with E-state index in [9.17, 15) is 4.79 Å². The number of nitrogens with two attached hydrogens (primary N) is 1. The molecule has 0 aliphatic carbocycles. The zero-order valence-electron chi connectivity index (χ0n) is 11.7. The maximum Gasteiger partial charge on any atom is 0.256 e. The molecule has 0 aliphatic rings. The first-order valence-electron chi connectivity index (χ1n) is 6.66. The van der Waals surface area contributed by atoms with Crippen LogP contribution in [0, 0.1) is 0 Å². The summed E-state index contributed by atoms with van der Waals surface area (Å²) in [5.74, 6) is -0.0325. The van der Waals surface area contributed by atoms with Crippen LogP contribution in [0.3, 0.4) is 0 Å². The summed E-state index contributed by atoms with van der Waals surface area (Å²) < 4.78 is 0. The van der Waals surface area contributed by atoms with E-state index in [1.807, 2.05) is 24.3 Å². The van der Waals surface area contributed by atoms with E-state index in [1.165, 1.54) is 0 Å². The molecule has 0 bridgehead atoms. The molecule has 3 aromatic rings. The number of carbonyl (C=O) groups is 1. The number of hydrogen-bond donors (Lipinski definition) is 2. The molecule has 3 N–H and O–H groups in total. The Morgan fingerprint density at radius 2 is 2.24 bits per heavy atom. The summed E-state index contributed by atoms with van der Waals surface area (Å²) in [6, 6.07) is 9.31. The third-order valence-corrected chi connectivity index (χ3v) is 3.43. The lowest BCUT2D eigenvalue weighted by molar-refractivity contribution is 0.0787. The Bertz CT molecular complexity index is 779. The fraction of sp³-hybridized carbons (Fsp3) is 0.125. The average molecular weight is 280 g/mol. The molecular weight excluding hydrogens is 264 g/mol. The van der Waals surface area contributed by atoms with Gasteiger partial charge in [0.1, 0.15) is 0 Å². The average Bonchev–Trinajstić information content (AvgIpc) is 2.90. The van der Waals surface area contributed by atoms with Crippen LogP contribution in [-0.2, 0) is 6.54 Å². The van der Waals surface area contributed by atoms with Gasteiger partial charge < -0.3 is 15.6 Å². The van der Waals surface area contributed by atoms with Crippen LogP contribution in [0.2, 0.25) is 0 Å². The zero-order valence-corrected chi connectivity index (χ0v) is 11.7.